The van der Waals surface area contributed by atoms with Crippen LogP contribution in [0, 0.1) is 0 Å². The summed E-state index contributed by atoms with van der Waals surface area (Å²) >= 11 is 1.62. The molecule has 3 aromatic heterocycles. The molecule has 3 rings (SSSR count). The van der Waals surface area contributed by atoms with Crippen LogP contribution in [0.3, 0.4) is 0 Å². The van der Waals surface area contributed by atoms with Crippen molar-refractivity contribution in [2.75, 3.05) is 13.7 Å². The highest BCUT2D eigenvalue weighted by molar-refractivity contribution is 7.10. The molecule has 0 saturated heterocycles. The zero-order chi connectivity index (χ0) is 14.7. The Kier molecular flexibility index (Phi) is 3.98. The van der Waals surface area contributed by atoms with E-state index >= 15 is 0 Å². The van der Waals surface area contributed by atoms with Gasteiger partial charge in [-0.3, -0.25) is 4.79 Å². The molecule has 0 bridgehead atoms. The number of hydrogen-bond donors (Lipinski definition) is 1. The Morgan fingerprint density at radius 1 is 1.48 bits per heavy atom. The van der Waals surface area contributed by atoms with E-state index in [9.17, 15) is 4.79 Å². The average Bonchev–Trinajstić information content (AvgIpc) is 3.18. The van der Waals surface area contributed by atoms with Crippen molar-refractivity contribution in [2.24, 2.45) is 0 Å². The van der Waals surface area contributed by atoms with Crippen LogP contribution in [0.1, 0.15) is 21.3 Å². The number of fused-ring (bicyclic) bond motifs is 1. The number of hydrogen-bond acceptors (Lipinski definition) is 4. The molecule has 6 heteroatoms. The van der Waals surface area contributed by atoms with Crippen LogP contribution in [0.25, 0.3) is 5.52 Å². The first-order chi connectivity index (χ1) is 10.3. The van der Waals surface area contributed by atoms with E-state index in [1.165, 1.54) is 0 Å². The number of ether oxygens (including phenoxy) is 1. The molecule has 0 fully saturated rings. The second-order valence-corrected chi connectivity index (χ2v) is 5.55. The Balaban J connectivity index is 1.68. The van der Waals surface area contributed by atoms with Gasteiger partial charge in [0.25, 0.3) is 5.91 Å². The van der Waals surface area contributed by atoms with Gasteiger partial charge in [-0.15, -0.1) is 11.3 Å². The van der Waals surface area contributed by atoms with Gasteiger partial charge in [-0.05, 0) is 29.6 Å². The van der Waals surface area contributed by atoms with Crippen molar-refractivity contribution >= 4 is 22.8 Å². The van der Waals surface area contributed by atoms with Crippen molar-refractivity contribution in [2.45, 2.75) is 6.10 Å². The van der Waals surface area contributed by atoms with E-state index in [1.807, 2.05) is 29.6 Å². The van der Waals surface area contributed by atoms with Crippen LogP contribution in [0.15, 0.2) is 48.1 Å². The van der Waals surface area contributed by atoms with Gasteiger partial charge in [0, 0.05) is 36.5 Å². The standard InChI is InChI=1S/C15H15N3O2S/c1-20-13(14-3-2-8-21-14)10-16-15(19)11-5-7-18-12(9-11)4-6-17-18/h2-9,13H,10H2,1H3,(H,16,19). The molecule has 1 atom stereocenters. The second-order valence-electron chi connectivity index (χ2n) is 4.57. The van der Waals surface area contributed by atoms with Gasteiger partial charge in [-0.25, -0.2) is 4.52 Å². The maximum absolute atomic E-state index is 12.2. The summed E-state index contributed by atoms with van der Waals surface area (Å²) in [5.41, 5.74) is 1.51. The summed E-state index contributed by atoms with van der Waals surface area (Å²) in [4.78, 5) is 13.3. The summed E-state index contributed by atoms with van der Waals surface area (Å²) in [6.45, 7) is 0.445. The molecular weight excluding hydrogens is 286 g/mol. The Bertz CT molecular complexity index is 736. The fourth-order valence-corrected chi connectivity index (χ4v) is 2.93. The molecule has 0 saturated carbocycles. The highest BCUT2D eigenvalue weighted by Gasteiger charge is 2.14. The molecule has 0 aliphatic heterocycles. The van der Waals surface area contributed by atoms with E-state index in [0.717, 1.165) is 10.4 Å². The molecule has 1 unspecified atom stereocenters. The summed E-state index contributed by atoms with van der Waals surface area (Å²) in [5.74, 6) is -0.114. The van der Waals surface area contributed by atoms with Gasteiger partial charge in [0.1, 0.15) is 6.10 Å². The quantitative estimate of drug-likeness (QED) is 0.788. The van der Waals surface area contributed by atoms with Gasteiger partial charge < -0.3 is 10.1 Å². The molecule has 5 nitrogen and oxygen atoms in total. The summed E-state index contributed by atoms with van der Waals surface area (Å²) < 4.78 is 7.14. The van der Waals surface area contributed by atoms with E-state index in [0.29, 0.717) is 12.1 Å². The molecule has 3 aromatic rings. The molecule has 0 aromatic carbocycles. The Labute approximate surface area is 126 Å². The predicted octanol–water partition coefficient (Wildman–Crippen LogP) is 2.51. The molecule has 3 heterocycles. The lowest BCUT2D eigenvalue weighted by Crippen LogP contribution is -2.28. The minimum Gasteiger partial charge on any atom is -0.374 e. The molecule has 21 heavy (non-hydrogen) atoms. The third kappa shape index (κ3) is 2.96. The summed E-state index contributed by atoms with van der Waals surface area (Å²) in [6, 6.07) is 9.41. The van der Waals surface area contributed by atoms with Crippen LogP contribution in [0.4, 0.5) is 0 Å². The Morgan fingerprint density at radius 3 is 3.14 bits per heavy atom. The van der Waals surface area contributed by atoms with E-state index in [4.69, 9.17) is 4.74 Å². The van der Waals surface area contributed by atoms with Gasteiger partial charge >= 0.3 is 0 Å². The van der Waals surface area contributed by atoms with Gasteiger partial charge in [0.05, 0.1) is 5.52 Å². The van der Waals surface area contributed by atoms with Crippen LogP contribution < -0.4 is 5.32 Å². The number of methoxy groups -OCH3 is 1. The molecular formula is C15H15N3O2S. The van der Waals surface area contributed by atoms with Gasteiger partial charge in [0.15, 0.2) is 0 Å². The summed E-state index contributed by atoms with van der Waals surface area (Å²) in [7, 11) is 1.65. The maximum atomic E-state index is 12.2. The Morgan fingerprint density at radius 2 is 2.38 bits per heavy atom. The molecule has 0 spiro atoms. The average molecular weight is 301 g/mol. The zero-order valence-corrected chi connectivity index (χ0v) is 12.3. The summed E-state index contributed by atoms with van der Waals surface area (Å²) in [6.07, 6.45) is 3.36. The highest BCUT2D eigenvalue weighted by atomic mass is 32.1. The highest BCUT2D eigenvalue weighted by Crippen LogP contribution is 2.21. The normalized spacial score (nSPS) is 12.4. The van der Waals surface area contributed by atoms with Crippen LogP contribution in [-0.2, 0) is 4.74 Å². The van der Waals surface area contributed by atoms with Crippen molar-refractivity contribution < 1.29 is 9.53 Å². The van der Waals surface area contributed by atoms with E-state index in [2.05, 4.69) is 10.4 Å². The van der Waals surface area contributed by atoms with Crippen LogP contribution in [0.2, 0.25) is 0 Å². The number of pyridine rings is 1. The minimum atomic E-state index is -0.118. The number of nitrogens with zero attached hydrogens (tertiary/aromatic N) is 2. The number of nitrogens with one attached hydrogen (secondary N) is 1. The van der Waals surface area contributed by atoms with Crippen molar-refractivity contribution in [1.29, 1.82) is 0 Å². The van der Waals surface area contributed by atoms with Gasteiger partial charge in [0.2, 0.25) is 0 Å². The predicted molar refractivity (Wildman–Crippen MR) is 81.6 cm³/mol. The van der Waals surface area contributed by atoms with Crippen LogP contribution in [-0.4, -0.2) is 29.2 Å². The lowest BCUT2D eigenvalue weighted by Gasteiger charge is -2.14. The SMILES string of the molecule is COC(CNC(=O)c1ccn2nccc2c1)c1cccs1. The number of carbonyl (C=O) groups excluding carboxylic acids is 1. The van der Waals surface area contributed by atoms with Crippen LogP contribution in [0.5, 0.6) is 0 Å². The monoisotopic (exact) mass is 301 g/mol. The van der Waals surface area contributed by atoms with Crippen molar-refractivity contribution in [1.82, 2.24) is 14.9 Å². The second kappa shape index (κ2) is 6.07. The topological polar surface area (TPSA) is 55.6 Å². The first-order valence-electron chi connectivity index (χ1n) is 6.56. The first-order valence-corrected chi connectivity index (χ1v) is 7.43. The fourth-order valence-electron chi connectivity index (χ4n) is 2.12. The number of aromatic nitrogens is 2. The molecule has 0 radical (unpaired) electrons. The van der Waals surface area contributed by atoms with Gasteiger partial charge in [-0.1, -0.05) is 6.07 Å². The minimum absolute atomic E-state index is 0.114. The van der Waals surface area contributed by atoms with E-state index in [-0.39, 0.29) is 12.0 Å². The number of rotatable bonds is 5. The fraction of sp³-hybridized carbons (Fsp3) is 0.200. The number of carbonyl (C=O) groups is 1. The molecule has 0 aliphatic carbocycles. The molecule has 108 valence electrons. The van der Waals surface area contributed by atoms with Crippen LogP contribution >= 0.6 is 11.3 Å². The smallest absolute Gasteiger partial charge is 0.251 e. The van der Waals surface area contributed by atoms with E-state index in [1.54, 1.807) is 41.4 Å². The third-order valence-electron chi connectivity index (χ3n) is 3.25. The summed E-state index contributed by atoms with van der Waals surface area (Å²) in [5, 5.41) is 9.01. The lowest BCUT2D eigenvalue weighted by atomic mass is 10.2. The zero-order valence-electron chi connectivity index (χ0n) is 11.5. The van der Waals surface area contributed by atoms with Crippen molar-refractivity contribution in [3.63, 3.8) is 0 Å². The maximum Gasteiger partial charge on any atom is 0.251 e. The van der Waals surface area contributed by atoms with Crippen molar-refractivity contribution in [3.05, 3.63) is 58.5 Å². The molecule has 0 aliphatic rings. The third-order valence-corrected chi connectivity index (χ3v) is 4.22. The Hall–Kier alpha value is -2.18. The molecule has 1 amide bonds. The largest absolute Gasteiger partial charge is 0.374 e. The lowest BCUT2D eigenvalue weighted by molar-refractivity contribution is 0.0837. The van der Waals surface area contributed by atoms with Crippen molar-refractivity contribution in [3.8, 4) is 0 Å². The van der Waals surface area contributed by atoms with E-state index < -0.39 is 0 Å². The first kappa shape index (κ1) is 13.8. The molecule has 1 N–H and O–H groups in total. The number of thiophene rings is 1. The number of amides is 1. The van der Waals surface area contributed by atoms with Gasteiger partial charge in [-0.2, -0.15) is 5.10 Å².